The average Bonchev–Trinajstić information content (AvgIpc) is 3.89. The Kier molecular flexibility index (Phi) is 10.4. The summed E-state index contributed by atoms with van der Waals surface area (Å²) in [5.74, 6) is 0.0111. The SMILES string of the molecule is O=C(NCCCNC(=O)c1nn(-c2ccc(Cl)cc2Cl)c2c1CCOc1cc(S(=O)(=O)O)sc1-2)c1nn(-c2ccc(Cl)cc2Cl)c2c1CCOc1ccsc1-2. The van der Waals surface area contributed by atoms with Crippen LogP contribution in [0.15, 0.2) is 58.1 Å². The van der Waals surface area contributed by atoms with Crippen molar-refractivity contribution in [1.82, 2.24) is 30.2 Å². The summed E-state index contributed by atoms with van der Waals surface area (Å²) in [5, 5.41) is 18.5. The van der Waals surface area contributed by atoms with Gasteiger partial charge in [-0.3, -0.25) is 14.1 Å². The van der Waals surface area contributed by atoms with Crippen molar-refractivity contribution in [2.24, 2.45) is 0 Å². The molecule has 8 rings (SSSR count). The van der Waals surface area contributed by atoms with Gasteiger partial charge in [0.2, 0.25) is 0 Å². The minimum atomic E-state index is -4.55. The number of aromatic nitrogens is 4. The lowest BCUT2D eigenvalue weighted by Crippen LogP contribution is -2.31. The molecule has 3 N–H and O–H groups in total. The third kappa shape index (κ3) is 7.21. The molecule has 2 amide bonds. The molecule has 0 atom stereocenters. The Bertz CT molecular complexity index is 2640. The summed E-state index contributed by atoms with van der Waals surface area (Å²) in [6.45, 7) is 0.850. The first-order chi connectivity index (χ1) is 26.4. The van der Waals surface area contributed by atoms with Crippen molar-refractivity contribution in [2.45, 2.75) is 23.5 Å². The second-order valence-electron chi connectivity index (χ2n) is 12.3. The summed E-state index contributed by atoms with van der Waals surface area (Å²) in [6, 6.07) is 12.9. The number of ether oxygens (including phenoxy) is 2. The van der Waals surface area contributed by atoms with Gasteiger partial charge < -0.3 is 20.1 Å². The molecule has 0 spiro atoms. The Balaban J connectivity index is 1.02. The molecule has 2 aliphatic heterocycles. The van der Waals surface area contributed by atoms with Gasteiger partial charge in [0, 0.05) is 53.2 Å². The molecule has 0 unspecified atom stereocenters. The third-order valence-corrected chi connectivity index (χ3v) is 13.2. The molecule has 284 valence electrons. The van der Waals surface area contributed by atoms with Crippen LogP contribution in [0.25, 0.3) is 32.5 Å². The lowest BCUT2D eigenvalue weighted by molar-refractivity contribution is 0.0945. The number of benzene rings is 2. The van der Waals surface area contributed by atoms with E-state index in [1.807, 2.05) is 11.4 Å². The van der Waals surface area contributed by atoms with Crippen LogP contribution >= 0.6 is 69.1 Å². The normalized spacial score (nSPS) is 13.3. The summed E-state index contributed by atoms with van der Waals surface area (Å²) < 4.78 is 48.4. The highest BCUT2D eigenvalue weighted by atomic mass is 35.5. The van der Waals surface area contributed by atoms with Crippen molar-refractivity contribution >= 4 is 91.0 Å². The monoisotopic (exact) mass is 878 g/mol. The number of fused-ring (bicyclic) bond motifs is 6. The molecular weight excluding hydrogens is 854 g/mol. The van der Waals surface area contributed by atoms with Gasteiger partial charge in [0.25, 0.3) is 11.8 Å². The fraction of sp³-hybridized carbons (Fsp3) is 0.200. The maximum Gasteiger partial charge on any atom is 0.304 e. The smallest absolute Gasteiger partial charge is 0.304 e. The van der Waals surface area contributed by atoms with E-state index in [4.69, 9.17) is 61.0 Å². The van der Waals surface area contributed by atoms with Gasteiger partial charge in [-0.1, -0.05) is 46.4 Å². The quantitative estimate of drug-likeness (QED) is 0.0971. The number of carbonyl (C=O) groups is 2. The van der Waals surface area contributed by atoms with Crippen LogP contribution in [0.4, 0.5) is 0 Å². The molecule has 2 aliphatic rings. The van der Waals surface area contributed by atoms with E-state index in [1.54, 1.807) is 35.0 Å². The van der Waals surface area contributed by atoms with Crippen LogP contribution in [0.1, 0.15) is 38.5 Å². The van der Waals surface area contributed by atoms with Gasteiger partial charge in [0.1, 0.15) is 11.5 Å². The summed E-state index contributed by atoms with van der Waals surface area (Å²) in [7, 11) is -4.55. The largest absolute Gasteiger partial charge is 0.492 e. The zero-order chi connectivity index (χ0) is 38.6. The Morgan fingerprint density at radius 1 is 0.764 bits per heavy atom. The number of nitrogens with zero attached hydrogens (tertiary/aromatic N) is 4. The Labute approximate surface area is 341 Å². The molecule has 13 nitrogen and oxygen atoms in total. The van der Waals surface area contributed by atoms with Gasteiger partial charge in [-0.05, 0) is 54.3 Å². The van der Waals surface area contributed by atoms with E-state index in [1.165, 1.54) is 28.2 Å². The van der Waals surface area contributed by atoms with Crippen LogP contribution in [0, 0.1) is 0 Å². The van der Waals surface area contributed by atoms with Crippen molar-refractivity contribution in [3.63, 3.8) is 0 Å². The number of rotatable bonds is 9. The molecule has 20 heteroatoms. The van der Waals surface area contributed by atoms with Gasteiger partial charge >= 0.3 is 10.1 Å². The molecule has 0 aliphatic carbocycles. The lowest BCUT2D eigenvalue weighted by Gasteiger charge is -2.09. The van der Waals surface area contributed by atoms with Crippen molar-refractivity contribution in [3.8, 4) is 44.0 Å². The van der Waals surface area contributed by atoms with Gasteiger partial charge in [-0.2, -0.15) is 18.6 Å². The first-order valence-electron chi connectivity index (χ1n) is 16.5. The molecule has 0 saturated carbocycles. The van der Waals surface area contributed by atoms with Crippen molar-refractivity contribution in [2.75, 3.05) is 26.3 Å². The zero-order valence-electron chi connectivity index (χ0n) is 28.1. The second-order valence-corrected chi connectivity index (χ2v) is 17.6. The van der Waals surface area contributed by atoms with E-state index >= 15 is 0 Å². The van der Waals surface area contributed by atoms with Crippen LogP contribution in [-0.2, 0) is 23.0 Å². The second kappa shape index (κ2) is 15.1. The van der Waals surface area contributed by atoms with Crippen LogP contribution in [0.2, 0.25) is 20.1 Å². The lowest BCUT2D eigenvalue weighted by atomic mass is 10.1. The van der Waals surface area contributed by atoms with Crippen LogP contribution in [0.5, 0.6) is 11.5 Å². The molecule has 0 radical (unpaired) electrons. The van der Waals surface area contributed by atoms with Gasteiger partial charge in [0.05, 0.1) is 55.8 Å². The predicted octanol–water partition coefficient (Wildman–Crippen LogP) is 7.80. The first-order valence-corrected chi connectivity index (χ1v) is 21.2. The topological polar surface area (TPSA) is 167 Å². The molecule has 6 heterocycles. The number of nitrogens with one attached hydrogen (secondary N) is 2. The molecule has 4 aromatic heterocycles. The number of halogens is 4. The van der Waals surface area contributed by atoms with Crippen LogP contribution in [-0.4, -0.2) is 70.6 Å². The minimum absolute atomic E-state index is 0.0765. The summed E-state index contributed by atoms with van der Waals surface area (Å²) in [4.78, 5) is 28.6. The first kappa shape index (κ1) is 37.8. The number of hydrogen-bond acceptors (Lipinski definition) is 10. The van der Waals surface area contributed by atoms with Crippen LogP contribution in [0.3, 0.4) is 0 Å². The fourth-order valence-corrected chi connectivity index (χ4v) is 10.1. The molecule has 2 aromatic carbocycles. The third-order valence-electron chi connectivity index (χ3n) is 8.81. The highest BCUT2D eigenvalue weighted by molar-refractivity contribution is 7.88. The molecule has 0 saturated heterocycles. The number of thiophene rings is 2. The minimum Gasteiger partial charge on any atom is -0.492 e. The maximum atomic E-state index is 13.7. The molecule has 55 heavy (non-hydrogen) atoms. The van der Waals surface area contributed by atoms with Crippen molar-refractivity contribution in [3.05, 3.63) is 96.5 Å². The zero-order valence-corrected chi connectivity index (χ0v) is 33.5. The Morgan fingerprint density at radius 3 is 1.82 bits per heavy atom. The van der Waals surface area contributed by atoms with E-state index in [-0.39, 0.29) is 52.5 Å². The van der Waals surface area contributed by atoms with Crippen LogP contribution < -0.4 is 20.1 Å². The summed E-state index contributed by atoms with van der Waals surface area (Å²) in [5.41, 5.74) is 3.59. The molecule has 0 bridgehead atoms. The number of carbonyl (C=O) groups excluding carboxylic acids is 2. The Morgan fingerprint density at radius 2 is 1.29 bits per heavy atom. The maximum absolute atomic E-state index is 13.7. The highest BCUT2D eigenvalue weighted by Gasteiger charge is 2.33. The number of hydrogen-bond donors (Lipinski definition) is 3. The van der Waals surface area contributed by atoms with Crippen molar-refractivity contribution < 1.29 is 32.0 Å². The fourth-order valence-electron chi connectivity index (χ4n) is 6.38. The molecule has 0 fully saturated rings. The van der Waals surface area contributed by atoms with Gasteiger partial charge in [-0.25, -0.2) is 9.36 Å². The van der Waals surface area contributed by atoms with Gasteiger partial charge in [0.15, 0.2) is 15.6 Å². The summed E-state index contributed by atoms with van der Waals surface area (Å²) in [6.07, 6.45) is 1.07. The molecule has 6 aromatic rings. The molecular formula is C35H26Cl4N6O7S3. The Hall–Kier alpha value is -4.13. The van der Waals surface area contributed by atoms with E-state index in [0.29, 0.717) is 67.8 Å². The average molecular weight is 881 g/mol. The number of amides is 2. The highest BCUT2D eigenvalue weighted by Crippen LogP contribution is 2.46. The van der Waals surface area contributed by atoms with E-state index in [0.717, 1.165) is 27.5 Å². The van der Waals surface area contributed by atoms with Gasteiger partial charge in [-0.15, -0.1) is 22.7 Å². The summed E-state index contributed by atoms with van der Waals surface area (Å²) >= 11 is 27.8. The van der Waals surface area contributed by atoms with Crippen molar-refractivity contribution in [1.29, 1.82) is 0 Å². The van der Waals surface area contributed by atoms with E-state index < -0.39 is 21.9 Å². The van der Waals surface area contributed by atoms with E-state index in [9.17, 15) is 22.6 Å². The standard InChI is InChI=1S/C35H26Cl4N6O7S3/c36-17-2-4-23(21(38)14-17)44-30-19(6-11-51-25-8-13-53-32(25)30)28(42-44)34(46)40-9-1-10-41-35(47)29-20-7-12-52-26-16-27(55(48,49)50)54-33(26)31(20)45(43-29)24-5-3-18(37)15-22(24)39/h2-5,8,13-16H,1,6-7,9-12H2,(H,40,46)(H,41,47)(H,48,49,50). The van der Waals surface area contributed by atoms with E-state index in [2.05, 4.69) is 15.7 Å². The predicted molar refractivity (Wildman–Crippen MR) is 211 cm³/mol.